The van der Waals surface area contributed by atoms with Crippen LogP contribution in [0.4, 0.5) is 0 Å². The molecule has 5 atom stereocenters. The number of Topliss-reactive ketones (excluding diaryl/α,β-unsaturated/α-hetero) is 1. The molecular formula is C21H29BrO2. The van der Waals surface area contributed by atoms with Gasteiger partial charge in [0.15, 0.2) is 0 Å². The minimum Gasteiger partial charge on any atom is -0.498 e. The molecule has 0 radical (unpaired) electrons. The van der Waals surface area contributed by atoms with E-state index >= 15 is 0 Å². The lowest BCUT2D eigenvalue weighted by Gasteiger charge is -2.56. The molecule has 2 fully saturated rings. The molecule has 0 aliphatic heterocycles. The summed E-state index contributed by atoms with van der Waals surface area (Å²) in [5.74, 6) is 3.66. The van der Waals surface area contributed by atoms with Gasteiger partial charge in [0.2, 0.25) is 0 Å². The highest BCUT2D eigenvalue weighted by Crippen LogP contribution is 2.65. The maximum atomic E-state index is 12.5. The fraction of sp³-hybridized carbons (Fsp3) is 0.762. The van der Waals surface area contributed by atoms with E-state index in [0.29, 0.717) is 17.6 Å². The van der Waals surface area contributed by atoms with Gasteiger partial charge in [-0.3, -0.25) is 4.79 Å². The molecule has 2 nitrogen and oxygen atoms in total. The zero-order valence-corrected chi connectivity index (χ0v) is 16.7. The molecule has 0 saturated heterocycles. The summed E-state index contributed by atoms with van der Waals surface area (Å²) in [7, 11) is 0. The molecule has 3 heteroatoms. The molecule has 0 amide bonds. The van der Waals surface area contributed by atoms with Crippen LogP contribution in [0.5, 0.6) is 0 Å². The van der Waals surface area contributed by atoms with Crippen molar-refractivity contribution in [2.75, 3.05) is 6.61 Å². The Kier molecular flexibility index (Phi) is 4.02. The zero-order valence-electron chi connectivity index (χ0n) is 15.2. The summed E-state index contributed by atoms with van der Waals surface area (Å²) in [6.45, 7) is 7.54. The number of carbonyl (C=O) groups is 1. The van der Waals surface area contributed by atoms with Crippen LogP contribution in [-0.2, 0) is 9.53 Å². The summed E-state index contributed by atoms with van der Waals surface area (Å²) in [4.78, 5) is 12.5. The highest BCUT2D eigenvalue weighted by Gasteiger charge is 2.59. The molecular weight excluding hydrogens is 364 g/mol. The first kappa shape index (κ1) is 16.9. The van der Waals surface area contributed by atoms with Gasteiger partial charge in [-0.15, -0.1) is 0 Å². The normalized spacial score (nSPS) is 44.6. The Morgan fingerprint density at radius 2 is 1.92 bits per heavy atom. The van der Waals surface area contributed by atoms with Gasteiger partial charge >= 0.3 is 0 Å². The summed E-state index contributed by atoms with van der Waals surface area (Å²) < 4.78 is 7.19. The molecule has 0 aromatic heterocycles. The number of carbonyl (C=O) groups excluding carboxylic acids is 1. The lowest BCUT2D eigenvalue weighted by Crippen LogP contribution is -2.49. The zero-order chi connectivity index (χ0) is 17.1. The van der Waals surface area contributed by atoms with Crippen molar-refractivity contribution < 1.29 is 9.53 Å². The fourth-order valence-electron chi connectivity index (χ4n) is 6.44. The van der Waals surface area contributed by atoms with Gasteiger partial charge in [0.1, 0.15) is 5.78 Å². The Balaban J connectivity index is 1.72. The highest BCUT2D eigenvalue weighted by atomic mass is 79.9. The van der Waals surface area contributed by atoms with Gasteiger partial charge in [0, 0.05) is 18.3 Å². The van der Waals surface area contributed by atoms with Crippen LogP contribution < -0.4 is 0 Å². The second-order valence-electron chi connectivity index (χ2n) is 8.78. The predicted molar refractivity (Wildman–Crippen MR) is 99.7 cm³/mol. The number of allylic oxidation sites excluding steroid dienone is 4. The minimum atomic E-state index is -0.0384. The van der Waals surface area contributed by atoms with Gasteiger partial charge in [-0.05, 0) is 78.3 Å². The number of ether oxygens (including phenoxy) is 1. The fourth-order valence-corrected chi connectivity index (χ4v) is 7.38. The molecule has 0 spiro atoms. The van der Waals surface area contributed by atoms with E-state index in [2.05, 4.69) is 42.8 Å². The van der Waals surface area contributed by atoms with E-state index in [0.717, 1.165) is 50.4 Å². The Bertz CT molecular complexity index is 634. The van der Waals surface area contributed by atoms with Crippen molar-refractivity contribution in [3.05, 3.63) is 21.9 Å². The van der Waals surface area contributed by atoms with E-state index in [9.17, 15) is 4.79 Å². The maximum Gasteiger partial charge on any atom is 0.139 e. The molecule has 24 heavy (non-hydrogen) atoms. The largest absolute Gasteiger partial charge is 0.498 e. The molecule has 0 N–H and O–H groups in total. The average molecular weight is 393 g/mol. The van der Waals surface area contributed by atoms with Gasteiger partial charge in [0.25, 0.3) is 0 Å². The number of fused-ring (bicyclic) bond motifs is 5. The monoisotopic (exact) mass is 392 g/mol. The maximum absolute atomic E-state index is 12.5. The average Bonchev–Trinajstić information content (AvgIpc) is 2.85. The second kappa shape index (κ2) is 5.72. The quantitative estimate of drug-likeness (QED) is 0.595. The molecule has 4 aliphatic carbocycles. The SMILES string of the molecule is CCOC1=CC2=C(Br)C[C@@H]3[C@H](CC[C@]4(C)C(=O)CC[C@@H]34)[C@@]2(C)CC1. The third-order valence-corrected chi connectivity index (χ3v) is 8.56. The van der Waals surface area contributed by atoms with Gasteiger partial charge in [0.05, 0.1) is 12.4 Å². The van der Waals surface area contributed by atoms with Gasteiger partial charge < -0.3 is 4.74 Å². The molecule has 4 rings (SSSR count). The Hall–Kier alpha value is -0.570. The Morgan fingerprint density at radius 3 is 2.67 bits per heavy atom. The topological polar surface area (TPSA) is 26.3 Å². The molecule has 0 aromatic carbocycles. The minimum absolute atomic E-state index is 0.0384. The van der Waals surface area contributed by atoms with Crippen LogP contribution in [-0.4, -0.2) is 12.4 Å². The van der Waals surface area contributed by atoms with Crippen molar-refractivity contribution in [3.63, 3.8) is 0 Å². The van der Waals surface area contributed by atoms with Crippen LogP contribution in [0.1, 0.15) is 65.7 Å². The molecule has 0 unspecified atom stereocenters. The first-order valence-electron chi connectivity index (χ1n) is 9.66. The third kappa shape index (κ3) is 2.22. The molecule has 0 bridgehead atoms. The standard InChI is InChI=1S/C21H29BrO2/c1-4-24-13-7-9-20(2)16-8-10-21(3)15(5-6-19(21)23)14(16)12-18(22)17(20)11-13/h11,14-16H,4-10,12H2,1-3H3/t14-,15-,16-,20+,21-/m0/s1. The van der Waals surface area contributed by atoms with E-state index < -0.39 is 0 Å². The van der Waals surface area contributed by atoms with Crippen molar-refractivity contribution in [1.82, 2.24) is 0 Å². The van der Waals surface area contributed by atoms with Crippen LogP contribution >= 0.6 is 15.9 Å². The number of hydrogen-bond acceptors (Lipinski definition) is 2. The summed E-state index contributed by atoms with van der Waals surface area (Å²) in [6.07, 6.45) is 9.90. The van der Waals surface area contributed by atoms with Crippen LogP contribution in [0.2, 0.25) is 0 Å². The predicted octanol–water partition coefficient (Wildman–Crippen LogP) is 5.77. The van der Waals surface area contributed by atoms with Crippen LogP contribution in [0.3, 0.4) is 0 Å². The van der Waals surface area contributed by atoms with E-state index in [4.69, 9.17) is 4.74 Å². The number of ketones is 1. The smallest absolute Gasteiger partial charge is 0.139 e. The highest BCUT2D eigenvalue weighted by molar-refractivity contribution is 9.11. The molecule has 0 aromatic rings. The lowest BCUT2D eigenvalue weighted by molar-refractivity contribution is -0.131. The number of rotatable bonds is 2. The first-order valence-corrected chi connectivity index (χ1v) is 10.4. The van der Waals surface area contributed by atoms with E-state index in [1.54, 1.807) is 0 Å². The van der Waals surface area contributed by atoms with Crippen molar-refractivity contribution in [1.29, 1.82) is 0 Å². The molecule has 4 aliphatic rings. The Morgan fingerprint density at radius 1 is 1.17 bits per heavy atom. The van der Waals surface area contributed by atoms with Gasteiger partial charge in [-0.2, -0.15) is 0 Å². The van der Waals surface area contributed by atoms with Crippen molar-refractivity contribution in [3.8, 4) is 0 Å². The van der Waals surface area contributed by atoms with Crippen molar-refractivity contribution >= 4 is 21.7 Å². The second-order valence-corrected chi connectivity index (χ2v) is 9.74. The van der Waals surface area contributed by atoms with Crippen LogP contribution in [0.25, 0.3) is 0 Å². The summed E-state index contributed by atoms with van der Waals surface area (Å²) >= 11 is 3.93. The van der Waals surface area contributed by atoms with Crippen LogP contribution in [0.15, 0.2) is 21.9 Å². The van der Waals surface area contributed by atoms with E-state index in [1.807, 2.05) is 0 Å². The van der Waals surface area contributed by atoms with Crippen LogP contribution in [0, 0.1) is 28.6 Å². The number of hydrogen-bond donors (Lipinski definition) is 0. The third-order valence-electron chi connectivity index (χ3n) is 7.81. The lowest BCUT2D eigenvalue weighted by atomic mass is 9.49. The van der Waals surface area contributed by atoms with Gasteiger partial charge in [-0.25, -0.2) is 0 Å². The number of halogens is 1. The van der Waals surface area contributed by atoms with Gasteiger partial charge in [-0.1, -0.05) is 29.8 Å². The molecule has 0 heterocycles. The van der Waals surface area contributed by atoms with E-state index in [1.165, 1.54) is 22.9 Å². The summed E-state index contributed by atoms with van der Waals surface area (Å²) in [5, 5.41) is 0. The summed E-state index contributed by atoms with van der Waals surface area (Å²) in [5.41, 5.74) is 1.69. The molecule has 2 saturated carbocycles. The summed E-state index contributed by atoms with van der Waals surface area (Å²) in [6, 6.07) is 0. The first-order chi connectivity index (χ1) is 11.4. The van der Waals surface area contributed by atoms with E-state index in [-0.39, 0.29) is 10.8 Å². The Labute approximate surface area is 154 Å². The van der Waals surface area contributed by atoms with Crippen molar-refractivity contribution in [2.45, 2.75) is 65.7 Å². The molecule has 132 valence electrons. The van der Waals surface area contributed by atoms with Crippen molar-refractivity contribution in [2.24, 2.45) is 28.6 Å².